The van der Waals surface area contributed by atoms with Crippen LogP contribution in [0.4, 0.5) is 5.69 Å². The third kappa shape index (κ3) is 4.85. The second kappa shape index (κ2) is 9.99. The molecular weight excluding hydrogens is 426 g/mol. The van der Waals surface area contributed by atoms with Crippen molar-refractivity contribution >= 4 is 32.5 Å². The van der Waals surface area contributed by atoms with E-state index in [0.29, 0.717) is 17.7 Å². The first-order chi connectivity index (χ1) is 15.3. The summed E-state index contributed by atoms with van der Waals surface area (Å²) in [6.45, 7) is 4.58. The Balaban J connectivity index is 1.94. The fraction of sp³-hybridized carbons (Fsp3) is 0.333. The second-order valence-electron chi connectivity index (χ2n) is 7.69. The number of hydrogen-bond acceptors (Lipinski definition) is 4. The second-order valence-corrected chi connectivity index (χ2v) is 9.66. The molecule has 0 aliphatic rings. The molecule has 0 saturated carbocycles. The van der Waals surface area contributed by atoms with Crippen molar-refractivity contribution in [2.45, 2.75) is 44.4 Å². The lowest BCUT2D eigenvalue weighted by molar-refractivity contribution is 0.0951. The molecule has 2 aromatic carbocycles. The summed E-state index contributed by atoms with van der Waals surface area (Å²) in [6, 6.07) is 11.6. The van der Waals surface area contributed by atoms with Gasteiger partial charge in [-0.3, -0.25) is 13.9 Å². The van der Waals surface area contributed by atoms with E-state index < -0.39 is 21.4 Å². The van der Waals surface area contributed by atoms with Gasteiger partial charge in [0.15, 0.2) is 0 Å². The normalized spacial score (nSPS) is 11.5. The van der Waals surface area contributed by atoms with Crippen molar-refractivity contribution in [2.24, 2.45) is 0 Å². The Morgan fingerprint density at radius 1 is 1.06 bits per heavy atom. The lowest BCUT2D eigenvalue weighted by atomic mass is 10.1. The third-order valence-electron chi connectivity index (χ3n) is 5.53. The summed E-state index contributed by atoms with van der Waals surface area (Å²) in [5.74, 6) is -0.467. The first kappa shape index (κ1) is 23.5. The molecule has 0 aliphatic heterocycles. The van der Waals surface area contributed by atoms with Gasteiger partial charge < -0.3 is 10.3 Å². The summed E-state index contributed by atoms with van der Waals surface area (Å²) >= 11 is 0. The summed E-state index contributed by atoms with van der Waals surface area (Å²) in [5, 5.41) is 2.90. The van der Waals surface area contributed by atoms with Gasteiger partial charge in [-0.2, -0.15) is 0 Å². The molecule has 0 radical (unpaired) electrons. The average Bonchev–Trinajstić information content (AvgIpc) is 2.81. The van der Waals surface area contributed by atoms with Crippen LogP contribution in [-0.4, -0.2) is 32.9 Å². The summed E-state index contributed by atoms with van der Waals surface area (Å²) in [6.07, 6.45) is 5.08. The number of aromatic amines is 1. The lowest BCUT2D eigenvalue weighted by Gasteiger charge is -2.20. The molecule has 0 saturated heterocycles. The van der Waals surface area contributed by atoms with Gasteiger partial charge in [-0.15, -0.1) is 0 Å². The summed E-state index contributed by atoms with van der Waals surface area (Å²) in [4.78, 5) is 28.3. The zero-order valence-electron chi connectivity index (χ0n) is 18.6. The molecule has 3 aromatic rings. The number of H-pyrrole nitrogens is 1. The van der Waals surface area contributed by atoms with Crippen LogP contribution in [0, 0.1) is 0 Å². The SMILES string of the molecule is CCCCCNC(=O)c1c[nH]c2ccc(S(=O)(=O)N(C)c3ccc(CC)cc3)cc2c1=O. The number of fused-ring (bicyclic) bond motifs is 1. The molecule has 32 heavy (non-hydrogen) atoms. The number of aromatic nitrogens is 1. The fourth-order valence-corrected chi connectivity index (χ4v) is 4.66. The quantitative estimate of drug-likeness (QED) is 0.479. The van der Waals surface area contributed by atoms with Gasteiger partial charge in [0.05, 0.1) is 10.6 Å². The molecule has 0 aliphatic carbocycles. The van der Waals surface area contributed by atoms with Crippen LogP contribution >= 0.6 is 0 Å². The number of aryl methyl sites for hydroxylation is 1. The first-order valence-corrected chi connectivity index (χ1v) is 12.2. The van der Waals surface area contributed by atoms with Crippen molar-refractivity contribution < 1.29 is 13.2 Å². The van der Waals surface area contributed by atoms with Crippen molar-refractivity contribution in [2.75, 3.05) is 17.9 Å². The van der Waals surface area contributed by atoms with E-state index in [0.717, 1.165) is 31.2 Å². The van der Waals surface area contributed by atoms with Crippen molar-refractivity contribution in [3.63, 3.8) is 0 Å². The Morgan fingerprint density at radius 3 is 2.44 bits per heavy atom. The van der Waals surface area contributed by atoms with E-state index in [9.17, 15) is 18.0 Å². The van der Waals surface area contributed by atoms with Crippen LogP contribution in [0.3, 0.4) is 0 Å². The van der Waals surface area contributed by atoms with E-state index in [4.69, 9.17) is 0 Å². The number of anilines is 1. The predicted octanol–water partition coefficient (Wildman–Crippen LogP) is 3.84. The fourth-order valence-electron chi connectivity index (χ4n) is 3.44. The highest BCUT2D eigenvalue weighted by atomic mass is 32.2. The van der Waals surface area contributed by atoms with E-state index in [-0.39, 0.29) is 15.8 Å². The summed E-state index contributed by atoms with van der Waals surface area (Å²) < 4.78 is 27.6. The van der Waals surface area contributed by atoms with Gasteiger partial charge >= 0.3 is 0 Å². The number of rotatable bonds is 9. The Bertz CT molecular complexity index is 1260. The lowest BCUT2D eigenvalue weighted by Crippen LogP contribution is -2.30. The number of sulfonamides is 1. The standard InChI is InChI=1S/C24H29N3O4S/c1-4-6-7-14-25-24(29)21-16-26-22-13-12-19(15-20(22)23(21)28)32(30,31)27(3)18-10-8-17(5-2)9-11-18/h8-13,15-16H,4-7,14H2,1-3H3,(H,25,29)(H,26,28). The Kier molecular flexibility index (Phi) is 7.35. The maximum atomic E-state index is 13.2. The van der Waals surface area contributed by atoms with Gasteiger partial charge in [-0.25, -0.2) is 8.42 Å². The van der Waals surface area contributed by atoms with E-state index in [1.165, 1.54) is 29.7 Å². The largest absolute Gasteiger partial charge is 0.360 e. The van der Waals surface area contributed by atoms with Crippen LogP contribution in [-0.2, 0) is 16.4 Å². The number of nitrogens with zero attached hydrogens (tertiary/aromatic N) is 1. The molecule has 8 heteroatoms. The number of carbonyl (C=O) groups is 1. The highest BCUT2D eigenvalue weighted by Gasteiger charge is 2.23. The van der Waals surface area contributed by atoms with E-state index >= 15 is 0 Å². The minimum Gasteiger partial charge on any atom is -0.360 e. The minimum atomic E-state index is -3.89. The number of benzene rings is 2. The van der Waals surface area contributed by atoms with Crippen molar-refractivity contribution in [1.82, 2.24) is 10.3 Å². The van der Waals surface area contributed by atoms with Crippen molar-refractivity contribution in [3.05, 3.63) is 70.0 Å². The zero-order chi connectivity index (χ0) is 23.3. The van der Waals surface area contributed by atoms with E-state index in [2.05, 4.69) is 17.2 Å². The van der Waals surface area contributed by atoms with Crippen LogP contribution in [0.2, 0.25) is 0 Å². The number of unbranched alkanes of at least 4 members (excludes halogenated alkanes) is 2. The molecule has 1 aromatic heterocycles. The van der Waals surface area contributed by atoms with Gasteiger partial charge in [-0.05, 0) is 48.7 Å². The molecular formula is C24H29N3O4S. The van der Waals surface area contributed by atoms with Crippen LogP contribution in [0.5, 0.6) is 0 Å². The molecule has 170 valence electrons. The van der Waals surface area contributed by atoms with E-state index in [1.807, 2.05) is 19.1 Å². The highest BCUT2D eigenvalue weighted by Crippen LogP contribution is 2.24. The minimum absolute atomic E-state index is 0.0157. The number of nitrogens with one attached hydrogen (secondary N) is 2. The Morgan fingerprint density at radius 2 is 1.78 bits per heavy atom. The maximum absolute atomic E-state index is 13.2. The van der Waals surface area contributed by atoms with Gasteiger partial charge in [0.1, 0.15) is 5.56 Å². The smallest absolute Gasteiger partial charge is 0.264 e. The predicted molar refractivity (Wildman–Crippen MR) is 128 cm³/mol. The molecule has 0 fully saturated rings. The molecule has 1 amide bonds. The van der Waals surface area contributed by atoms with Crippen LogP contribution in [0.25, 0.3) is 10.9 Å². The highest BCUT2D eigenvalue weighted by molar-refractivity contribution is 7.92. The molecule has 0 bridgehead atoms. The molecule has 0 atom stereocenters. The monoisotopic (exact) mass is 455 g/mol. The first-order valence-electron chi connectivity index (χ1n) is 10.8. The topological polar surface area (TPSA) is 99.3 Å². The van der Waals surface area contributed by atoms with Crippen LogP contribution in [0.15, 0.2) is 58.4 Å². The van der Waals surface area contributed by atoms with Gasteiger partial charge in [0.25, 0.3) is 15.9 Å². The maximum Gasteiger partial charge on any atom is 0.264 e. The molecule has 0 unspecified atom stereocenters. The van der Waals surface area contributed by atoms with Gasteiger partial charge in [0.2, 0.25) is 5.43 Å². The molecule has 1 heterocycles. The van der Waals surface area contributed by atoms with Crippen molar-refractivity contribution in [3.8, 4) is 0 Å². The molecule has 0 spiro atoms. The van der Waals surface area contributed by atoms with Crippen molar-refractivity contribution in [1.29, 1.82) is 0 Å². The molecule has 2 N–H and O–H groups in total. The number of hydrogen-bond donors (Lipinski definition) is 2. The molecule has 3 rings (SSSR count). The van der Waals surface area contributed by atoms with Crippen LogP contribution in [0.1, 0.15) is 49.0 Å². The zero-order valence-corrected chi connectivity index (χ0v) is 19.5. The Hall–Kier alpha value is -3.13. The van der Waals surface area contributed by atoms with Crippen LogP contribution < -0.4 is 15.1 Å². The van der Waals surface area contributed by atoms with E-state index in [1.54, 1.807) is 18.2 Å². The van der Waals surface area contributed by atoms with Gasteiger partial charge in [0, 0.05) is 30.7 Å². The number of amides is 1. The Labute approximate surface area is 188 Å². The summed E-state index contributed by atoms with van der Waals surface area (Å²) in [7, 11) is -2.42. The summed E-state index contributed by atoms with van der Waals surface area (Å²) in [5.41, 5.74) is 1.56. The third-order valence-corrected chi connectivity index (χ3v) is 7.31. The van der Waals surface area contributed by atoms with Gasteiger partial charge in [-0.1, -0.05) is 38.8 Å². The number of carbonyl (C=O) groups excluding carboxylic acids is 1. The number of pyridine rings is 1. The molecule has 7 nitrogen and oxygen atoms in total. The average molecular weight is 456 g/mol.